The zero-order chi connectivity index (χ0) is 23.1. The molecule has 2 aromatic carbocycles. The van der Waals surface area contributed by atoms with Crippen LogP contribution < -0.4 is 5.32 Å². The molecule has 32 heavy (non-hydrogen) atoms. The monoisotopic (exact) mass is 482 g/mol. The lowest BCUT2D eigenvalue weighted by Crippen LogP contribution is -2.41. The van der Waals surface area contributed by atoms with E-state index in [0.29, 0.717) is 48.3 Å². The van der Waals surface area contributed by atoms with Crippen LogP contribution in [-0.4, -0.2) is 48.1 Å². The van der Waals surface area contributed by atoms with E-state index in [4.69, 9.17) is 16.3 Å². The van der Waals surface area contributed by atoms with Crippen LogP contribution in [0.5, 0.6) is 0 Å². The summed E-state index contributed by atoms with van der Waals surface area (Å²) >= 11 is 6.17. The van der Waals surface area contributed by atoms with Crippen molar-refractivity contribution in [1.82, 2.24) is 4.90 Å². The van der Waals surface area contributed by atoms with Gasteiger partial charge in [0.15, 0.2) is 6.61 Å². The number of rotatable bonds is 7. The van der Waals surface area contributed by atoms with Gasteiger partial charge in [-0.15, -0.1) is 0 Å². The van der Waals surface area contributed by atoms with Crippen molar-refractivity contribution in [3.8, 4) is 0 Å². The fourth-order valence-corrected chi connectivity index (χ4v) is 4.02. The van der Waals surface area contributed by atoms with Crippen LogP contribution in [0.2, 0.25) is 5.02 Å². The first-order chi connectivity index (χ1) is 15.3. The lowest BCUT2D eigenvalue weighted by molar-refractivity contribution is -0.152. The van der Waals surface area contributed by atoms with E-state index in [9.17, 15) is 23.2 Å². The smallest absolute Gasteiger partial charge is 0.309 e. The molecule has 0 aromatic heterocycles. The van der Waals surface area contributed by atoms with Crippen LogP contribution in [0.25, 0.3) is 0 Å². The molecule has 0 aliphatic carbocycles. The van der Waals surface area contributed by atoms with Gasteiger partial charge < -0.3 is 15.0 Å². The number of ether oxygens (including phenoxy) is 1. The first-order valence-electron chi connectivity index (χ1n) is 9.88. The fourth-order valence-electron chi connectivity index (χ4n) is 3.30. The average molecular weight is 483 g/mol. The standard InChI is InChI=1S/C22H21ClF2N2O4S/c23-16-7-5-14(6-8-16)20(29)27-11-9-15(10-12-27)21(30)31-13-19(28)26-17-3-1-2-4-18(17)32-22(24)25/h1-8,15,22H,9-13H2,(H,26,28). The van der Waals surface area contributed by atoms with Gasteiger partial charge in [-0.1, -0.05) is 35.5 Å². The van der Waals surface area contributed by atoms with Crippen LogP contribution in [0.15, 0.2) is 53.4 Å². The van der Waals surface area contributed by atoms with Crippen molar-refractivity contribution >= 4 is 46.8 Å². The number of nitrogens with one attached hydrogen (secondary N) is 1. The third-order valence-electron chi connectivity index (χ3n) is 4.93. The van der Waals surface area contributed by atoms with Crippen LogP contribution in [0, 0.1) is 5.92 Å². The van der Waals surface area contributed by atoms with Crippen molar-refractivity contribution in [1.29, 1.82) is 0 Å². The molecule has 1 saturated heterocycles. The Morgan fingerprint density at radius 3 is 2.41 bits per heavy atom. The van der Waals surface area contributed by atoms with E-state index < -0.39 is 30.2 Å². The summed E-state index contributed by atoms with van der Waals surface area (Å²) in [7, 11) is 0. The molecule has 2 aromatic rings. The van der Waals surface area contributed by atoms with E-state index in [1.165, 1.54) is 12.1 Å². The predicted molar refractivity (Wildman–Crippen MR) is 118 cm³/mol. The van der Waals surface area contributed by atoms with Crippen molar-refractivity contribution in [2.75, 3.05) is 25.0 Å². The predicted octanol–water partition coefficient (Wildman–Crippen LogP) is 4.69. The average Bonchev–Trinajstić information content (AvgIpc) is 2.78. The van der Waals surface area contributed by atoms with Crippen molar-refractivity contribution in [3.05, 3.63) is 59.1 Å². The van der Waals surface area contributed by atoms with Gasteiger partial charge >= 0.3 is 5.97 Å². The molecule has 0 bridgehead atoms. The van der Waals surface area contributed by atoms with Crippen molar-refractivity contribution < 1.29 is 27.9 Å². The molecule has 10 heteroatoms. The number of carbonyl (C=O) groups is 3. The minimum Gasteiger partial charge on any atom is -0.455 e. The van der Waals surface area contributed by atoms with Crippen LogP contribution in [0.4, 0.5) is 14.5 Å². The number of piperidine rings is 1. The highest BCUT2D eigenvalue weighted by Gasteiger charge is 2.29. The fraction of sp³-hybridized carbons (Fsp3) is 0.318. The number of esters is 1. The lowest BCUT2D eigenvalue weighted by Gasteiger charge is -2.31. The van der Waals surface area contributed by atoms with Gasteiger partial charge in [-0.3, -0.25) is 14.4 Å². The maximum atomic E-state index is 12.6. The topological polar surface area (TPSA) is 75.7 Å². The normalized spacial score (nSPS) is 14.3. The summed E-state index contributed by atoms with van der Waals surface area (Å²) in [6.07, 6.45) is 0.848. The van der Waals surface area contributed by atoms with Gasteiger partial charge in [0.1, 0.15) is 0 Å². The lowest BCUT2D eigenvalue weighted by atomic mass is 9.96. The Bertz CT molecular complexity index is 967. The number of hydrogen-bond acceptors (Lipinski definition) is 5. The largest absolute Gasteiger partial charge is 0.455 e. The van der Waals surface area contributed by atoms with Gasteiger partial charge in [-0.05, 0) is 49.2 Å². The zero-order valence-electron chi connectivity index (χ0n) is 16.9. The molecule has 0 atom stereocenters. The number of carbonyl (C=O) groups excluding carboxylic acids is 3. The SMILES string of the molecule is O=C(COC(=O)C1CCN(C(=O)c2ccc(Cl)cc2)CC1)Nc1ccccc1SC(F)F. The number of nitrogens with zero attached hydrogens (tertiary/aromatic N) is 1. The number of hydrogen-bond donors (Lipinski definition) is 1. The quantitative estimate of drug-likeness (QED) is 0.457. The van der Waals surface area contributed by atoms with Crippen LogP contribution in [0.3, 0.4) is 0 Å². The maximum absolute atomic E-state index is 12.6. The number of thioether (sulfide) groups is 1. The summed E-state index contributed by atoms with van der Waals surface area (Å²) in [4.78, 5) is 38.9. The number of benzene rings is 2. The van der Waals surface area contributed by atoms with E-state index in [0.717, 1.165) is 0 Å². The highest BCUT2D eigenvalue weighted by Crippen LogP contribution is 2.31. The van der Waals surface area contributed by atoms with Crippen molar-refractivity contribution in [2.45, 2.75) is 23.5 Å². The molecule has 2 amide bonds. The van der Waals surface area contributed by atoms with Gasteiger partial charge in [0.05, 0.1) is 11.6 Å². The number of para-hydroxylation sites is 1. The molecule has 170 valence electrons. The number of halogens is 3. The molecule has 1 heterocycles. The molecule has 1 fully saturated rings. The Labute approximate surface area is 193 Å². The molecule has 1 N–H and O–H groups in total. The first-order valence-corrected chi connectivity index (χ1v) is 11.1. The van der Waals surface area contributed by atoms with Gasteiger partial charge in [0.25, 0.3) is 17.6 Å². The van der Waals surface area contributed by atoms with E-state index in [1.807, 2.05) is 0 Å². The molecule has 0 spiro atoms. The summed E-state index contributed by atoms with van der Waals surface area (Å²) in [5.74, 6) is -4.31. The minimum absolute atomic E-state index is 0.131. The van der Waals surface area contributed by atoms with E-state index in [2.05, 4.69) is 5.32 Å². The number of anilines is 1. The summed E-state index contributed by atoms with van der Waals surface area (Å²) < 4.78 is 30.4. The molecular weight excluding hydrogens is 462 g/mol. The molecule has 6 nitrogen and oxygen atoms in total. The van der Waals surface area contributed by atoms with Gasteiger partial charge in [-0.25, -0.2) is 0 Å². The molecule has 3 rings (SSSR count). The van der Waals surface area contributed by atoms with Crippen LogP contribution in [-0.2, 0) is 14.3 Å². The number of amides is 2. The second-order valence-electron chi connectivity index (χ2n) is 7.10. The first kappa shape index (κ1) is 24.0. The third-order valence-corrected chi connectivity index (χ3v) is 5.97. The summed E-state index contributed by atoms with van der Waals surface area (Å²) in [6.45, 7) is 0.272. The van der Waals surface area contributed by atoms with E-state index in [1.54, 1.807) is 41.3 Å². The van der Waals surface area contributed by atoms with Crippen molar-refractivity contribution in [3.63, 3.8) is 0 Å². The highest BCUT2D eigenvalue weighted by atomic mass is 35.5. The molecule has 1 aliphatic heterocycles. The van der Waals surface area contributed by atoms with Crippen LogP contribution in [0.1, 0.15) is 23.2 Å². The summed E-state index contributed by atoms with van der Waals surface area (Å²) in [5, 5.41) is 3.03. The Kier molecular flexibility index (Phi) is 8.46. The number of alkyl halides is 2. The summed E-state index contributed by atoms with van der Waals surface area (Å²) in [6, 6.07) is 12.8. The van der Waals surface area contributed by atoms with Gasteiger partial charge in [-0.2, -0.15) is 8.78 Å². The minimum atomic E-state index is -2.62. The second-order valence-corrected chi connectivity index (χ2v) is 8.57. The molecule has 0 saturated carbocycles. The zero-order valence-corrected chi connectivity index (χ0v) is 18.5. The Morgan fingerprint density at radius 1 is 1.09 bits per heavy atom. The maximum Gasteiger partial charge on any atom is 0.309 e. The van der Waals surface area contributed by atoms with Gasteiger partial charge in [0, 0.05) is 28.6 Å². The Balaban J connectivity index is 1.45. The van der Waals surface area contributed by atoms with E-state index in [-0.39, 0.29) is 16.5 Å². The van der Waals surface area contributed by atoms with E-state index >= 15 is 0 Å². The Morgan fingerprint density at radius 2 is 1.75 bits per heavy atom. The molecular formula is C22H21ClF2N2O4S. The molecule has 1 aliphatic rings. The second kappa shape index (κ2) is 11.3. The van der Waals surface area contributed by atoms with Crippen molar-refractivity contribution in [2.24, 2.45) is 5.92 Å². The number of likely N-dealkylation sites (tertiary alicyclic amines) is 1. The summed E-state index contributed by atoms with van der Waals surface area (Å²) in [5.41, 5.74) is 0.755. The van der Waals surface area contributed by atoms with Crippen LogP contribution >= 0.6 is 23.4 Å². The van der Waals surface area contributed by atoms with Gasteiger partial charge in [0.2, 0.25) is 0 Å². The Hall–Kier alpha value is -2.65. The molecule has 0 unspecified atom stereocenters. The third kappa shape index (κ3) is 6.67. The molecule has 0 radical (unpaired) electrons. The highest BCUT2D eigenvalue weighted by molar-refractivity contribution is 7.99.